The summed E-state index contributed by atoms with van der Waals surface area (Å²) >= 11 is 3.30. The normalized spacial score (nSPS) is 17.3. The minimum atomic E-state index is -0.875. The quantitative estimate of drug-likeness (QED) is 0.803. The van der Waals surface area contributed by atoms with Crippen LogP contribution >= 0.6 is 15.9 Å². The summed E-state index contributed by atoms with van der Waals surface area (Å²) in [5.74, 6) is 0. The van der Waals surface area contributed by atoms with Crippen LogP contribution in [0, 0.1) is 0 Å². The molecule has 1 atom stereocenters. The zero-order valence-corrected chi connectivity index (χ0v) is 14.8. The number of carboxylic acid groups (broad SMARTS) is 1. The Bertz CT molecular complexity index is 743. The summed E-state index contributed by atoms with van der Waals surface area (Å²) in [5, 5.41) is 19.2. The number of nitrogens with zero attached hydrogens (tertiary/aromatic N) is 6. The Labute approximate surface area is 147 Å². The van der Waals surface area contributed by atoms with Gasteiger partial charge in [-0.25, -0.2) is 14.8 Å². The van der Waals surface area contributed by atoms with Crippen molar-refractivity contribution in [3.8, 4) is 6.01 Å². The summed E-state index contributed by atoms with van der Waals surface area (Å²) in [7, 11) is 0. The molecule has 1 aliphatic heterocycles. The van der Waals surface area contributed by atoms with Crippen LogP contribution in [-0.4, -0.2) is 78.3 Å². The molecule has 0 bridgehead atoms. The van der Waals surface area contributed by atoms with Gasteiger partial charge >= 0.3 is 6.09 Å². The lowest BCUT2D eigenvalue weighted by molar-refractivity contribution is 0.0982. The lowest BCUT2D eigenvalue weighted by Gasteiger charge is -2.35. The van der Waals surface area contributed by atoms with Gasteiger partial charge in [0.2, 0.25) is 5.65 Å². The van der Waals surface area contributed by atoms with Crippen molar-refractivity contribution < 1.29 is 15.0 Å². The molecule has 0 aliphatic carbocycles. The molecule has 3 rings (SSSR count). The molecule has 2 N–H and O–H groups in total. The smallest absolute Gasteiger partial charge is 0.407 e. The number of hydrogen-bond donors (Lipinski definition) is 2. The van der Waals surface area contributed by atoms with Gasteiger partial charge in [0, 0.05) is 32.7 Å². The van der Waals surface area contributed by atoms with E-state index in [0.717, 1.165) is 6.42 Å². The molecule has 1 aliphatic rings. The Morgan fingerprint density at radius 2 is 2.04 bits per heavy atom. The van der Waals surface area contributed by atoms with E-state index in [4.69, 9.17) is 5.11 Å². The average Bonchev–Trinajstić information content (AvgIpc) is 2.88. The highest BCUT2D eigenvalue weighted by molar-refractivity contribution is 9.10. The molecular weight excluding hydrogens is 380 g/mol. The van der Waals surface area contributed by atoms with Gasteiger partial charge in [-0.05, 0) is 22.4 Å². The zero-order chi connectivity index (χ0) is 17.3. The van der Waals surface area contributed by atoms with Gasteiger partial charge in [0.15, 0.2) is 5.65 Å². The second-order valence-electron chi connectivity index (χ2n) is 5.75. The number of carbonyl (C=O) groups is 1. The van der Waals surface area contributed by atoms with Crippen molar-refractivity contribution in [3.05, 3.63) is 10.8 Å². The molecule has 1 saturated heterocycles. The minimum Gasteiger partial charge on any atom is -0.480 e. The first-order valence-corrected chi connectivity index (χ1v) is 8.58. The van der Waals surface area contributed by atoms with Crippen molar-refractivity contribution in [1.82, 2.24) is 29.3 Å². The molecule has 2 aromatic rings. The summed E-state index contributed by atoms with van der Waals surface area (Å²) in [4.78, 5) is 27.2. The highest BCUT2D eigenvalue weighted by atomic mass is 79.9. The van der Waals surface area contributed by atoms with Crippen LogP contribution in [0.3, 0.4) is 0 Å². The molecule has 1 amide bonds. The number of rotatable bonds is 4. The van der Waals surface area contributed by atoms with Crippen molar-refractivity contribution >= 4 is 33.3 Å². The molecule has 130 valence electrons. The van der Waals surface area contributed by atoms with Crippen LogP contribution in [0.25, 0.3) is 11.3 Å². The topological polar surface area (TPSA) is 108 Å². The summed E-state index contributed by atoms with van der Waals surface area (Å²) in [6.45, 7) is 5.06. The standard InChI is InChI=1S/C14H19BrN6O3/c1-2-9(8-19-3-5-20(6-4-19)14(23)24)21-12-11(18-13(21)22)16-7-10(15)17-12/h7,9H,2-6,8H2,1H3,(H,23,24)(H,16,18,22). The van der Waals surface area contributed by atoms with Crippen LogP contribution in [0.5, 0.6) is 6.01 Å². The van der Waals surface area contributed by atoms with Crippen LogP contribution in [0.1, 0.15) is 19.4 Å². The number of piperazine rings is 1. The maximum Gasteiger partial charge on any atom is 0.407 e. The Kier molecular flexibility index (Phi) is 4.86. The van der Waals surface area contributed by atoms with Crippen molar-refractivity contribution in [2.24, 2.45) is 0 Å². The van der Waals surface area contributed by atoms with E-state index in [0.29, 0.717) is 48.6 Å². The summed E-state index contributed by atoms with van der Waals surface area (Å²) < 4.78 is 2.29. The number of amides is 1. The van der Waals surface area contributed by atoms with Gasteiger partial charge in [0.05, 0.1) is 12.2 Å². The molecule has 10 heteroatoms. The molecule has 0 radical (unpaired) electrons. The zero-order valence-electron chi connectivity index (χ0n) is 13.3. The molecule has 0 saturated carbocycles. The fourth-order valence-electron chi connectivity index (χ4n) is 2.99. The number of fused-ring (bicyclic) bond motifs is 1. The van der Waals surface area contributed by atoms with Crippen molar-refractivity contribution in [2.45, 2.75) is 19.4 Å². The number of aromatic hydroxyl groups is 1. The van der Waals surface area contributed by atoms with Gasteiger partial charge in [-0.3, -0.25) is 9.47 Å². The number of hydrogen-bond acceptors (Lipinski definition) is 6. The largest absolute Gasteiger partial charge is 0.480 e. The third-order valence-electron chi connectivity index (χ3n) is 4.30. The van der Waals surface area contributed by atoms with Crippen LogP contribution in [0.2, 0.25) is 0 Å². The molecular formula is C14H19BrN6O3. The summed E-state index contributed by atoms with van der Waals surface area (Å²) in [5.41, 5.74) is 0.947. The van der Waals surface area contributed by atoms with Gasteiger partial charge in [0.1, 0.15) is 4.60 Å². The maximum absolute atomic E-state index is 11.0. The molecule has 24 heavy (non-hydrogen) atoms. The number of imidazole rings is 1. The van der Waals surface area contributed by atoms with E-state index in [9.17, 15) is 9.90 Å². The molecule has 9 nitrogen and oxygen atoms in total. The first-order chi connectivity index (χ1) is 11.5. The van der Waals surface area contributed by atoms with E-state index in [1.54, 1.807) is 10.8 Å². The first kappa shape index (κ1) is 16.9. The fraction of sp³-hybridized carbons (Fsp3) is 0.571. The fourth-order valence-corrected chi connectivity index (χ4v) is 3.26. The van der Waals surface area contributed by atoms with Gasteiger partial charge in [-0.1, -0.05) is 6.92 Å². The third kappa shape index (κ3) is 3.29. The predicted octanol–water partition coefficient (Wildman–Crippen LogP) is 1.54. The minimum absolute atomic E-state index is 0.0185. The van der Waals surface area contributed by atoms with E-state index >= 15 is 0 Å². The Balaban J connectivity index is 1.79. The van der Waals surface area contributed by atoms with Gasteiger partial charge < -0.3 is 15.1 Å². The van der Waals surface area contributed by atoms with Crippen molar-refractivity contribution in [3.63, 3.8) is 0 Å². The first-order valence-electron chi connectivity index (χ1n) is 7.79. The highest BCUT2D eigenvalue weighted by Gasteiger charge is 2.25. The predicted molar refractivity (Wildman–Crippen MR) is 90.1 cm³/mol. The van der Waals surface area contributed by atoms with Crippen LogP contribution in [-0.2, 0) is 0 Å². The lowest BCUT2D eigenvalue weighted by atomic mass is 10.2. The number of halogens is 1. The van der Waals surface area contributed by atoms with Crippen LogP contribution < -0.4 is 0 Å². The maximum atomic E-state index is 11.0. The third-order valence-corrected chi connectivity index (χ3v) is 4.69. The van der Waals surface area contributed by atoms with E-state index < -0.39 is 6.09 Å². The van der Waals surface area contributed by atoms with E-state index in [2.05, 4.69) is 35.8 Å². The van der Waals surface area contributed by atoms with Crippen LogP contribution in [0.15, 0.2) is 10.8 Å². The highest BCUT2D eigenvalue weighted by Crippen LogP contribution is 2.26. The summed E-state index contributed by atoms with van der Waals surface area (Å²) in [6.07, 6.45) is 1.46. The SMILES string of the molecule is CCC(CN1CCN(C(=O)O)CC1)n1c(O)nc2ncc(Br)nc21. The van der Waals surface area contributed by atoms with Crippen LogP contribution in [0.4, 0.5) is 4.79 Å². The van der Waals surface area contributed by atoms with Crippen molar-refractivity contribution in [1.29, 1.82) is 0 Å². The lowest BCUT2D eigenvalue weighted by Crippen LogP contribution is -2.49. The van der Waals surface area contributed by atoms with E-state index in [-0.39, 0.29) is 12.1 Å². The summed E-state index contributed by atoms with van der Waals surface area (Å²) in [6, 6.07) is -0.117. The Hall–Kier alpha value is -1.94. The van der Waals surface area contributed by atoms with E-state index in [1.165, 1.54) is 4.90 Å². The molecule has 2 aromatic heterocycles. The van der Waals surface area contributed by atoms with Gasteiger partial charge in [0.25, 0.3) is 6.01 Å². The van der Waals surface area contributed by atoms with Gasteiger partial charge in [-0.15, -0.1) is 0 Å². The molecule has 0 aromatic carbocycles. The molecule has 1 fully saturated rings. The molecule has 0 spiro atoms. The van der Waals surface area contributed by atoms with E-state index in [1.807, 2.05) is 6.92 Å². The van der Waals surface area contributed by atoms with Gasteiger partial charge in [-0.2, -0.15) is 4.98 Å². The second kappa shape index (κ2) is 6.89. The molecule has 3 heterocycles. The Morgan fingerprint density at radius 1 is 1.33 bits per heavy atom. The monoisotopic (exact) mass is 398 g/mol. The van der Waals surface area contributed by atoms with Crippen molar-refractivity contribution in [2.75, 3.05) is 32.7 Å². The Morgan fingerprint density at radius 3 is 2.67 bits per heavy atom. The molecule has 1 unspecified atom stereocenters. The number of aromatic nitrogens is 4. The average molecular weight is 399 g/mol. The second-order valence-corrected chi connectivity index (χ2v) is 6.57.